The van der Waals surface area contributed by atoms with Gasteiger partial charge in [-0.1, -0.05) is 48.8 Å². The summed E-state index contributed by atoms with van der Waals surface area (Å²) in [6.45, 7) is 20.3. The average molecular weight is 591 g/mol. The summed E-state index contributed by atoms with van der Waals surface area (Å²) in [5.41, 5.74) is 6.34. The molecule has 2 aromatic carbocycles. The van der Waals surface area contributed by atoms with Crippen molar-refractivity contribution < 1.29 is 0 Å². The van der Waals surface area contributed by atoms with Crippen LogP contribution in [0.15, 0.2) is 53.3 Å². The number of aromatic nitrogens is 4. The van der Waals surface area contributed by atoms with Gasteiger partial charge in [0.2, 0.25) is 5.95 Å². The van der Waals surface area contributed by atoms with Crippen LogP contribution in [0.1, 0.15) is 65.6 Å². The summed E-state index contributed by atoms with van der Waals surface area (Å²) in [6, 6.07) is 15.5. The number of hydrogen-bond donors (Lipinski definition) is 1. The molecule has 0 radical (unpaired) electrons. The number of imidazole rings is 1. The molecule has 4 aromatic rings. The molecule has 1 aliphatic rings. The molecule has 1 saturated heterocycles. The third-order valence-electron chi connectivity index (χ3n) is 7.65. The van der Waals surface area contributed by atoms with Crippen molar-refractivity contribution in [2.24, 2.45) is 0 Å². The Morgan fingerprint density at radius 3 is 2.36 bits per heavy atom. The Kier molecular flexibility index (Phi) is 7.12. The Bertz CT molecular complexity index is 1480. The van der Waals surface area contributed by atoms with Gasteiger partial charge in [-0.3, -0.25) is 0 Å². The minimum atomic E-state index is -0.104. The van der Waals surface area contributed by atoms with E-state index in [0.717, 1.165) is 41.1 Å². The first-order valence-corrected chi connectivity index (χ1v) is 14.5. The zero-order chi connectivity index (χ0) is 28.1. The van der Waals surface area contributed by atoms with Crippen LogP contribution in [-0.2, 0) is 5.41 Å². The van der Waals surface area contributed by atoms with Crippen molar-refractivity contribution in [2.75, 3.05) is 34.8 Å². The molecule has 1 aliphatic heterocycles. The maximum Gasteiger partial charge on any atom is 0.229 e. The molecule has 206 valence electrons. The van der Waals surface area contributed by atoms with E-state index >= 15 is 0 Å². The monoisotopic (exact) mass is 589 g/mol. The van der Waals surface area contributed by atoms with Gasteiger partial charge in [0, 0.05) is 41.5 Å². The van der Waals surface area contributed by atoms with Gasteiger partial charge in [-0.25, -0.2) is 4.98 Å². The molecule has 39 heavy (non-hydrogen) atoms. The molecule has 0 saturated carbocycles. The first-order chi connectivity index (χ1) is 18.3. The van der Waals surface area contributed by atoms with Crippen LogP contribution in [0.3, 0.4) is 0 Å². The molecule has 0 amide bonds. The van der Waals surface area contributed by atoms with Crippen LogP contribution in [-0.4, -0.2) is 44.7 Å². The molecule has 0 atom stereocenters. The highest BCUT2D eigenvalue weighted by molar-refractivity contribution is 9.10. The Hall–Kier alpha value is -3.13. The highest BCUT2D eigenvalue weighted by atomic mass is 79.9. The summed E-state index contributed by atoms with van der Waals surface area (Å²) in [7, 11) is 0. The highest BCUT2D eigenvalue weighted by Gasteiger charge is 2.35. The lowest BCUT2D eigenvalue weighted by Crippen LogP contribution is -2.60. The van der Waals surface area contributed by atoms with Crippen LogP contribution in [0.25, 0.3) is 11.2 Å². The minimum Gasteiger partial charge on any atom is -0.363 e. The van der Waals surface area contributed by atoms with Gasteiger partial charge < -0.3 is 19.7 Å². The zero-order valence-corrected chi connectivity index (χ0v) is 26.0. The van der Waals surface area contributed by atoms with E-state index in [1.165, 1.54) is 16.8 Å². The summed E-state index contributed by atoms with van der Waals surface area (Å²) >= 11 is 3.56. The molecule has 0 unspecified atom stereocenters. The third-order valence-corrected chi connectivity index (χ3v) is 8.18. The van der Waals surface area contributed by atoms with E-state index in [-0.39, 0.29) is 17.0 Å². The normalized spacial score (nSPS) is 15.8. The zero-order valence-electron chi connectivity index (χ0n) is 24.4. The van der Waals surface area contributed by atoms with Crippen LogP contribution >= 0.6 is 15.9 Å². The maximum absolute atomic E-state index is 5.16. The van der Waals surface area contributed by atoms with Crippen LogP contribution in [0.4, 0.5) is 23.1 Å². The summed E-state index contributed by atoms with van der Waals surface area (Å²) in [4.78, 5) is 19.6. The Labute approximate surface area is 240 Å². The van der Waals surface area contributed by atoms with Gasteiger partial charge in [0.25, 0.3) is 0 Å². The maximum atomic E-state index is 5.16. The molecule has 0 spiro atoms. The topological polar surface area (TPSA) is 62.1 Å². The van der Waals surface area contributed by atoms with Crippen molar-refractivity contribution in [1.29, 1.82) is 0 Å². The molecule has 0 bridgehead atoms. The van der Waals surface area contributed by atoms with Crippen LogP contribution < -0.4 is 15.1 Å². The molecule has 7 nitrogen and oxygen atoms in total. The summed E-state index contributed by atoms with van der Waals surface area (Å²) in [5.74, 6) is 1.51. The number of benzene rings is 2. The quantitative estimate of drug-likeness (QED) is 0.258. The fraction of sp³-hybridized carbons (Fsp3) is 0.452. The Morgan fingerprint density at radius 2 is 1.72 bits per heavy atom. The van der Waals surface area contributed by atoms with Gasteiger partial charge in [0.15, 0.2) is 11.5 Å². The fourth-order valence-corrected chi connectivity index (χ4v) is 5.59. The molecule has 3 heterocycles. The molecular formula is C31H40BrN7. The smallest absolute Gasteiger partial charge is 0.229 e. The van der Waals surface area contributed by atoms with Crippen molar-refractivity contribution in [1.82, 2.24) is 19.5 Å². The van der Waals surface area contributed by atoms with E-state index in [0.29, 0.717) is 11.6 Å². The lowest BCUT2D eigenvalue weighted by atomic mass is 9.86. The molecule has 1 fully saturated rings. The van der Waals surface area contributed by atoms with Gasteiger partial charge in [-0.2, -0.15) is 9.97 Å². The standard InChI is InChI=1S/C31H40BrN7/c1-20(2)38-19-33-27-26(38)28(34-25-17-22(30(4,5)6)10-9-21(25)3)36-29(35-27)37-15-16-39(31(7,8)18-37)24-13-11-23(32)12-14-24/h9-14,17,19-20H,15-16,18H2,1-8H3,(H,34,35,36). The van der Waals surface area contributed by atoms with Crippen molar-refractivity contribution in [3.05, 3.63) is 64.4 Å². The van der Waals surface area contributed by atoms with E-state index in [9.17, 15) is 0 Å². The van der Waals surface area contributed by atoms with Gasteiger partial charge in [-0.05, 0) is 81.5 Å². The third kappa shape index (κ3) is 5.49. The van der Waals surface area contributed by atoms with Gasteiger partial charge in [0.1, 0.15) is 5.52 Å². The number of aryl methyl sites for hydroxylation is 1. The van der Waals surface area contributed by atoms with Gasteiger partial charge >= 0.3 is 0 Å². The lowest BCUT2D eigenvalue weighted by molar-refractivity contribution is 0.412. The van der Waals surface area contributed by atoms with E-state index < -0.39 is 0 Å². The molecular weight excluding hydrogens is 550 g/mol. The summed E-state index contributed by atoms with van der Waals surface area (Å²) < 4.78 is 3.24. The lowest BCUT2D eigenvalue weighted by Gasteiger charge is -2.48. The molecule has 8 heteroatoms. The average Bonchev–Trinajstić information content (AvgIpc) is 3.30. The number of rotatable bonds is 5. The minimum absolute atomic E-state index is 0.0517. The van der Waals surface area contributed by atoms with E-state index in [4.69, 9.17) is 15.0 Å². The molecule has 1 N–H and O–H groups in total. The number of piperazine rings is 1. The van der Waals surface area contributed by atoms with Crippen LogP contribution in [0, 0.1) is 6.92 Å². The van der Waals surface area contributed by atoms with Crippen LogP contribution in [0.2, 0.25) is 0 Å². The molecule has 2 aromatic heterocycles. The number of fused-ring (bicyclic) bond motifs is 1. The predicted molar refractivity (Wildman–Crippen MR) is 167 cm³/mol. The first-order valence-electron chi connectivity index (χ1n) is 13.7. The largest absolute Gasteiger partial charge is 0.363 e. The Morgan fingerprint density at radius 1 is 1.00 bits per heavy atom. The number of halogens is 1. The second-order valence-corrected chi connectivity index (χ2v) is 13.5. The number of nitrogens with zero attached hydrogens (tertiary/aromatic N) is 6. The highest BCUT2D eigenvalue weighted by Crippen LogP contribution is 2.34. The van der Waals surface area contributed by atoms with Crippen molar-refractivity contribution >= 4 is 50.2 Å². The first kappa shape index (κ1) is 27.4. The molecule has 0 aliphatic carbocycles. The second kappa shape index (κ2) is 10.1. The van der Waals surface area contributed by atoms with E-state index in [2.05, 4.69) is 133 Å². The predicted octanol–water partition coefficient (Wildman–Crippen LogP) is 7.62. The van der Waals surface area contributed by atoms with Gasteiger partial charge in [-0.15, -0.1) is 0 Å². The fourth-order valence-electron chi connectivity index (χ4n) is 5.33. The SMILES string of the molecule is Cc1ccc(C(C)(C)C)cc1Nc1nc(N2CCN(c3ccc(Br)cc3)C(C)(C)C2)nc2ncn(C(C)C)c12. The second-order valence-electron chi connectivity index (χ2n) is 12.6. The van der Waals surface area contributed by atoms with Crippen molar-refractivity contribution in [3.63, 3.8) is 0 Å². The Balaban J connectivity index is 1.53. The number of anilines is 4. The van der Waals surface area contributed by atoms with Crippen molar-refractivity contribution in [2.45, 2.75) is 72.4 Å². The van der Waals surface area contributed by atoms with Gasteiger partial charge in [0.05, 0.1) is 11.9 Å². The van der Waals surface area contributed by atoms with Crippen LogP contribution in [0.5, 0.6) is 0 Å². The summed E-state index contributed by atoms with van der Waals surface area (Å²) in [5, 5.41) is 3.70. The molecule has 5 rings (SSSR count). The number of hydrogen-bond acceptors (Lipinski definition) is 6. The van der Waals surface area contributed by atoms with Crippen molar-refractivity contribution in [3.8, 4) is 0 Å². The number of nitrogens with one attached hydrogen (secondary N) is 1. The van der Waals surface area contributed by atoms with E-state index in [1.807, 2.05) is 6.33 Å². The van der Waals surface area contributed by atoms with E-state index in [1.54, 1.807) is 0 Å². The summed E-state index contributed by atoms with van der Waals surface area (Å²) in [6.07, 6.45) is 1.88.